The lowest BCUT2D eigenvalue weighted by molar-refractivity contribution is 0.199. The van der Waals surface area contributed by atoms with Crippen LogP contribution >= 0.6 is 0 Å². The zero-order chi connectivity index (χ0) is 14.4. The third kappa shape index (κ3) is 4.08. The van der Waals surface area contributed by atoms with Crippen LogP contribution in [0, 0.1) is 13.8 Å². The number of hydrogen-bond acceptors (Lipinski definition) is 5. The maximum absolute atomic E-state index is 4.98. The molecule has 0 saturated heterocycles. The molecule has 0 fully saturated rings. The molecule has 0 aliphatic heterocycles. The number of aryl methyl sites for hydroxylation is 2. The van der Waals surface area contributed by atoms with Gasteiger partial charge < -0.3 is 10.1 Å². The summed E-state index contributed by atoms with van der Waals surface area (Å²) in [5.41, 5.74) is 4.03. The highest BCUT2D eigenvalue weighted by molar-refractivity contribution is 5.55. The molecule has 0 spiro atoms. The Morgan fingerprint density at radius 1 is 1.10 bits per heavy atom. The second-order valence-corrected chi connectivity index (χ2v) is 4.72. The molecule has 0 aromatic carbocycles. The summed E-state index contributed by atoms with van der Waals surface area (Å²) >= 11 is 0. The van der Waals surface area contributed by atoms with Crippen LogP contribution < -0.4 is 5.32 Å². The normalized spacial score (nSPS) is 10.8. The summed E-state index contributed by atoms with van der Waals surface area (Å²) in [5, 5.41) is 3.27. The lowest BCUT2D eigenvalue weighted by Crippen LogP contribution is -2.18. The molecule has 5 nitrogen and oxygen atoms in total. The summed E-state index contributed by atoms with van der Waals surface area (Å²) in [6.45, 7) is 6.22. The molecule has 0 aliphatic carbocycles. The average molecular weight is 272 g/mol. The molecule has 0 bridgehead atoms. The number of pyridine rings is 1. The summed E-state index contributed by atoms with van der Waals surface area (Å²) < 4.78 is 4.98. The SMILES string of the molecule is COCCNCc1cnc(-c2cc(C)nc(C)c2)nc1. The van der Waals surface area contributed by atoms with Crippen molar-refractivity contribution in [3.05, 3.63) is 41.5 Å². The molecular formula is C15H20N4O. The van der Waals surface area contributed by atoms with E-state index in [0.29, 0.717) is 6.61 Å². The summed E-state index contributed by atoms with van der Waals surface area (Å²) in [7, 11) is 1.69. The van der Waals surface area contributed by atoms with E-state index in [9.17, 15) is 0 Å². The average Bonchev–Trinajstić information content (AvgIpc) is 2.43. The van der Waals surface area contributed by atoms with E-state index in [2.05, 4.69) is 20.3 Å². The van der Waals surface area contributed by atoms with Gasteiger partial charge in [0.25, 0.3) is 0 Å². The van der Waals surface area contributed by atoms with Gasteiger partial charge in [-0.1, -0.05) is 0 Å². The Bertz CT molecular complexity index is 534. The summed E-state index contributed by atoms with van der Waals surface area (Å²) in [6.07, 6.45) is 3.71. The lowest BCUT2D eigenvalue weighted by Gasteiger charge is -2.06. The molecule has 0 aliphatic rings. The van der Waals surface area contributed by atoms with Gasteiger partial charge in [-0.2, -0.15) is 0 Å². The first kappa shape index (κ1) is 14.6. The Morgan fingerprint density at radius 2 is 1.75 bits per heavy atom. The van der Waals surface area contributed by atoms with Gasteiger partial charge in [-0.05, 0) is 26.0 Å². The number of ether oxygens (including phenoxy) is 1. The Balaban J connectivity index is 2.04. The first-order valence-corrected chi connectivity index (χ1v) is 6.65. The van der Waals surface area contributed by atoms with E-state index in [4.69, 9.17) is 4.74 Å². The van der Waals surface area contributed by atoms with Gasteiger partial charge in [0.05, 0.1) is 6.61 Å². The quantitative estimate of drug-likeness (QED) is 0.814. The van der Waals surface area contributed by atoms with Crippen LogP contribution in [-0.2, 0) is 11.3 Å². The molecule has 2 aromatic rings. The monoisotopic (exact) mass is 272 g/mol. The molecule has 0 saturated carbocycles. The van der Waals surface area contributed by atoms with E-state index in [1.807, 2.05) is 38.4 Å². The highest BCUT2D eigenvalue weighted by Gasteiger charge is 2.04. The van der Waals surface area contributed by atoms with Crippen molar-refractivity contribution in [1.82, 2.24) is 20.3 Å². The van der Waals surface area contributed by atoms with Crippen molar-refractivity contribution < 1.29 is 4.74 Å². The molecule has 5 heteroatoms. The summed E-state index contributed by atoms with van der Waals surface area (Å²) in [5.74, 6) is 0.735. The largest absolute Gasteiger partial charge is 0.383 e. The van der Waals surface area contributed by atoms with Gasteiger partial charge in [0.1, 0.15) is 0 Å². The molecule has 0 atom stereocenters. The Kier molecular flexibility index (Phi) is 5.15. The third-order valence-corrected chi connectivity index (χ3v) is 2.86. The number of nitrogens with one attached hydrogen (secondary N) is 1. The molecular weight excluding hydrogens is 252 g/mol. The van der Waals surface area contributed by atoms with Gasteiger partial charge in [0, 0.05) is 55.1 Å². The predicted octanol–water partition coefficient (Wildman–Crippen LogP) is 1.89. The van der Waals surface area contributed by atoms with E-state index in [1.165, 1.54) is 0 Å². The van der Waals surface area contributed by atoms with Crippen molar-refractivity contribution in [2.24, 2.45) is 0 Å². The zero-order valence-electron chi connectivity index (χ0n) is 12.2. The fourth-order valence-electron chi connectivity index (χ4n) is 1.97. The van der Waals surface area contributed by atoms with Crippen molar-refractivity contribution in [2.75, 3.05) is 20.3 Å². The summed E-state index contributed by atoms with van der Waals surface area (Å²) in [4.78, 5) is 13.2. The molecule has 2 heterocycles. The third-order valence-electron chi connectivity index (χ3n) is 2.86. The lowest BCUT2D eigenvalue weighted by atomic mass is 10.2. The van der Waals surface area contributed by atoms with Crippen LogP contribution in [0.5, 0.6) is 0 Å². The van der Waals surface area contributed by atoms with Gasteiger partial charge in [0.15, 0.2) is 5.82 Å². The van der Waals surface area contributed by atoms with Crippen molar-refractivity contribution >= 4 is 0 Å². The standard InChI is InChI=1S/C15H20N4O/c1-11-6-14(7-12(2)19-11)15-17-9-13(10-18-15)8-16-4-5-20-3/h6-7,9-10,16H,4-5,8H2,1-3H3. The minimum Gasteiger partial charge on any atom is -0.383 e. The van der Waals surface area contributed by atoms with E-state index in [1.54, 1.807) is 7.11 Å². The maximum Gasteiger partial charge on any atom is 0.159 e. The number of hydrogen-bond donors (Lipinski definition) is 1. The maximum atomic E-state index is 4.98. The minimum atomic E-state index is 0.703. The van der Waals surface area contributed by atoms with Crippen molar-refractivity contribution in [3.8, 4) is 11.4 Å². The number of aromatic nitrogens is 3. The molecule has 1 N–H and O–H groups in total. The molecule has 106 valence electrons. The molecule has 2 aromatic heterocycles. The first-order chi connectivity index (χ1) is 9.69. The van der Waals surface area contributed by atoms with Crippen LogP contribution in [0.15, 0.2) is 24.5 Å². The van der Waals surface area contributed by atoms with Crippen LogP contribution in [0.25, 0.3) is 11.4 Å². The fourth-order valence-corrected chi connectivity index (χ4v) is 1.97. The van der Waals surface area contributed by atoms with Gasteiger partial charge >= 0.3 is 0 Å². The van der Waals surface area contributed by atoms with Gasteiger partial charge in [0.2, 0.25) is 0 Å². The molecule has 20 heavy (non-hydrogen) atoms. The highest BCUT2D eigenvalue weighted by Crippen LogP contribution is 2.16. The van der Waals surface area contributed by atoms with Crippen molar-refractivity contribution in [3.63, 3.8) is 0 Å². The van der Waals surface area contributed by atoms with Crippen LogP contribution in [0.1, 0.15) is 17.0 Å². The van der Waals surface area contributed by atoms with E-state index >= 15 is 0 Å². The van der Waals surface area contributed by atoms with E-state index in [0.717, 1.165) is 41.4 Å². The number of rotatable bonds is 6. The molecule has 0 unspecified atom stereocenters. The van der Waals surface area contributed by atoms with Crippen LogP contribution in [0.2, 0.25) is 0 Å². The van der Waals surface area contributed by atoms with Gasteiger partial charge in [-0.15, -0.1) is 0 Å². The Labute approximate surface area is 119 Å². The van der Waals surface area contributed by atoms with Gasteiger partial charge in [-0.25, -0.2) is 9.97 Å². The number of methoxy groups -OCH3 is 1. The smallest absolute Gasteiger partial charge is 0.159 e. The van der Waals surface area contributed by atoms with E-state index in [-0.39, 0.29) is 0 Å². The first-order valence-electron chi connectivity index (χ1n) is 6.65. The fraction of sp³-hybridized carbons (Fsp3) is 0.400. The molecule has 0 amide bonds. The topological polar surface area (TPSA) is 59.9 Å². The second-order valence-electron chi connectivity index (χ2n) is 4.72. The zero-order valence-corrected chi connectivity index (χ0v) is 12.2. The van der Waals surface area contributed by atoms with Crippen LogP contribution in [0.3, 0.4) is 0 Å². The molecule has 0 radical (unpaired) electrons. The van der Waals surface area contributed by atoms with Crippen molar-refractivity contribution in [1.29, 1.82) is 0 Å². The Hall–Kier alpha value is -1.85. The minimum absolute atomic E-state index is 0.703. The van der Waals surface area contributed by atoms with Crippen LogP contribution in [-0.4, -0.2) is 35.2 Å². The highest BCUT2D eigenvalue weighted by atomic mass is 16.5. The van der Waals surface area contributed by atoms with Gasteiger partial charge in [-0.3, -0.25) is 4.98 Å². The number of nitrogens with zero attached hydrogens (tertiary/aromatic N) is 3. The second kappa shape index (κ2) is 7.07. The Morgan fingerprint density at radius 3 is 2.35 bits per heavy atom. The van der Waals surface area contributed by atoms with Crippen molar-refractivity contribution in [2.45, 2.75) is 20.4 Å². The van der Waals surface area contributed by atoms with E-state index < -0.39 is 0 Å². The predicted molar refractivity (Wildman–Crippen MR) is 78.3 cm³/mol. The molecule has 2 rings (SSSR count). The summed E-state index contributed by atoms with van der Waals surface area (Å²) in [6, 6.07) is 4.00. The van der Waals surface area contributed by atoms with Crippen LogP contribution in [0.4, 0.5) is 0 Å².